The Kier molecular flexibility index (Phi) is 11.1. The molecule has 11 heteroatoms. The van der Waals surface area contributed by atoms with Crippen molar-refractivity contribution >= 4 is 29.5 Å². The van der Waals surface area contributed by atoms with Crippen LogP contribution in [0.15, 0.2) is 48.5 Å². The summed E-state index contributed by atoms with van der Waals surface area (Å²) in [6, 6.07) is 10.3. The van der Waals surface area contributed by atoms with Crippen LogP contribution in [-0.2, 0) is 19.1 Å². The molecule has 0 aromatic heterocycles. The van der Waals surface area contributed by atoms with Crippen LogP contribution in [0.3, 0.4) is 0 Å². The van der Waals surface area contributed by atoms with Gasteiger partial charge in [-0.15, -0.1) is 0 Å². The third kappa shape index (κ3) is 9.40. The lowest BCUT2D eigenvalue weighted by Gasteiger charge is -2.44. The van der Waals surface area contributed by atoms with Gasteiger partial charge in [0.1, 0.15) is 29.2 Å². The smallest absolute Gasteiger partial charge is 0.408 e. The fraction of sp³-hybridized carbons (Fsp3) is 0.467. The van der Waals surface area contributed by atoms with Gasteiger partial charge in [0.15, 0.2) is 0 Å². The molecular formula is C30H42N4O7. The zero-order valence-corrected chi connectivity index (χ0v) is 24.8. The van der Waals surface area contributed by atoms with Crippen LogP contribution in [0.1, 0.15) is 72.4 Å². The number of benzene rings is 2. The summed E-state index contributed by atoms with van der Waals surface area (Å²) in [5.74, 6) is -1.51. The fourth-order valence-electron chi connectivity index (χ4n) is 4.11. The predicted octanol–water partition coefficient (Wildman–Crippen LogP) is 4.26. The average molecular weight is 571 g/mol. The van der Waals surface area contributed by atoms with E-state index in [1.807, 2.05) is 6.92 Å². The van der Waals surface area contributed by atoms with E-state index in [1.165, 1.54) is 18.1 Å². The Morgan fingerprint density at radius 2 is 1.61 bits per heavy atom. The topological polar surface area (TPSA) is 160 Å². The number of aromatic hydroxyl groups is 1. The van der Waals surface area contributed by atoms with E-state index in [0.717, 1.165) is 0 Å². The third-order valence-corrected chi connectivity index (χ3v) is 6.52. The Labute approximate surface area is 241 Å². The molecule has 2 unspecified atom stereocenters. The molecule has 0 saturated carbocycles. The van der Waals surface area contributed by atoms with Gasteiger partial charge in [-0.2, -0.15) is 0 Å². The Balaban J connectivity index is 2.64. The molecule has 0 bridgehead atoms. The molecule has 224 valence electrons. The number of amides is 4. The number of nitrogens with one attached hydrogen (secondary N) is 2. The summed E-state index contributed by atoms with van der Waals surface area (Å²) in [5.41, 5.74) is 4.19. The highest BCUT2D eigenvalue weighted by Crippen LogP contribution is 2.37. The van der Waals surface area contributed by atoms with Crippen molar-refractivity contribution in [2.45, 2.75) is 84.0 Å². The molecule has 4 amide bonds. The molecule has 0 aliphatic heterocycles. The van der Waals surface area contributed by atoms with Gasteiger partial charge in [0.05, 0.1) is 7.11 Å². The molecule has 2 aromatic carbocycles. The van der Waals surface area contributed by atoms with Crippen molar-refractivity contribution in [2.24, 2.45) is 5.73 Å². The molecule has 0 heterocycles. The minimum atomic E-state index is -1.32. The van der Waals surface area contributed by atoms with Crippen molar-refractivity contribution < 1.29 is 33.8 Å². The number of phenolic OH excluding ortho intramolecular Hbond substituents is 1. The van der Waals surface area contributed by atoms with Crippen LogP contribution in [0, 0.1) is 0 Å². The summed E-state index contributed by atoms with van der Waals surface area (Å²) >= 11 is 0. The number of hydrogen-bond donors (Lipinski definition) is 4. The number of carbonyl (C=O) groups excluding carboxylic acids is 4. The average Bonchev–Trinajstić information content (AvgIpc) is 2.89. The maximum atomic E-state index is 14.4. The number of para-hydroxylation sites is 1. The quantitative estimate of drug-likeness (QED) is 0.297. The van der Waals surface area contributed by atoms with E-state index in [-0.39, 0.29) is 24.2 Å². The number of alkyl carbamates (subject to hydrolysis) is 1. The first-order valence-corrected chi connectivity index (χ1v) is 13.4. The summed E-state index contributed by atoms with van der Waals surface area (Å²) in [7, 11) is 1.53. The minimum Gasteiger partial charge on any atom is -0.508 e. The first-order chi connectivity index (χ1) is 19.1. The number of anilines is 1. The van der Waals surface area contributed by atoms with Crippen molar-refractivity contribution in [1.29, 1.82) is 0 Å². The van der Waals surface area contributed by atoms with E-state index < -0.39 is 47.0 Å². The largest absolute Gasteiger partial charge is 0.508 e. The van der Waals surface area contributed by atoms with Gasteiger partial charge in [-0.25, -0.2) is 4.79 Å². The zero-order chi connectivity index (χ0) is 31.0. The zero-order valence-electron chi connectivity index (χ0n) is 24.8. The van der Waals surface area contributed by atoms with Crippen molar-refractivity contribution in [3.8, 4) is 11.5 Å². The van der Waals surface area contributed by atoms with Gasteiger partial charge >= 0.3 is 6.09 Å². The standard InChI is InChI=1S/C30H42N4O7/c1-8-30(5,6)34(27(38)22(17-18-24(31)36)33-28(39)41-29(2,3)4)25(21-11-9-10-12-23(21)35)26(37)32-19-13-15-20(40-7)16-14-19/h9-16,22,25,35H,8,17-18H2,1-7H3,(H2,31,36)(H,32,37)(H,33,39). The maximum absolute atomic E-state index is 14.4. The van der Waals surface area contributed by atoms with Crippen LogP contribution in [0.5, 0.6) is 11.5 Å². The third-order valence-electron chi connectivity index (χ3n) is 6.52. The number of rotatable bonds is 12. The molecule has 0 spiro atoms. The first-order valence-electron chi connectivity index (χ1n) is 13.4. The van der Waals surface area contributed by atoms with Crippen molar-refractivity contribution in [3.63, 3.8) is 0 Å². The lowest BCUT2D eigenvalue weighted by molar-refractivity contribution is -0.148. The second-order valence-corrected chi connectivity index (χ2v) is 11.3. The fourth-order valence-corrected chi connectivity index (χ4v) is 4.11. The van der Waals surface area contributed by atoms with E-state index in [1.54, 1.807) is 77.1 Å². The van der Waals surface area contributed by atoms with Gasteiger partial charge < -0.3 is 35.8 Å². The van der Waals surface area contributed by atoms with Gasteiger partial charge in [0.25, 0.3) is 5.91 Å². The lowest BCUT2D eigenvalue weighted by atomic mass is 9.91. The highest BCUT2D eigenvalue weighted by atomic mass is 16.6. The normalized spacial score (nSPS) is 13.0. The number of primary amides is 1. The number of ether oxygens (including phenoxy) is 2. The molecule has 2 atom stereocenters. The molecule has 41 heavy (non-hydrogen) atoms. The van der Waals surface area contributed by atoms with Crippen molar-refractivity contribution in [2.75, 3.05) is 12.4 Å². The Hall–Kier alpha value is -4.28. The molecule has 0 radical (unpaired) electrons. The number of phenols is 1. The number of nitrogens with two attached hydrogens (primary N) is 1. The highest BCUT2D eigenvalue weighted by molar-refractivity contribution is 5.99. The minimum absolute atomic E-state index is 0.128. The molecule has 0 aliphatic carbocycles. The van der Waals surface area contributed by atoms with Crippen molar-refractivity contribution in [3.05, 3.63) is 54.1 Å². The molecule has 5 N–H and O–H groups in total. The number of carbonyl (C=O) groups is 4. The lowest BCUT2D eigenvalue weighted by Crippen LogP contribution is -2.59. The number of methoxy groups -OCH3 is 1. The molecule has 0 fully saturated rings. The van der Waals surface area contributed by atoms with Gasteiger partial charge in [0, 0.05) is 23.2 Å². The second kappa shape index (κ2) is 13.9. The molecule has 2 rings (SSSR count). The van der Waals surface area contributed by atoms with Gasteiger partial charge in [-0.1, -0.05) is 25.1 Å². The van der Waals surface area contributed by atoms with E-state index in [2.05, 4.69) is 10.6 Å². The SMILES string of the molecule is CCC(C)(C)N(C(=O)C(CCC(N)=O)NC(=O)OC(C)(C)C)C(C(=O)Nc1ccc(OC)cc1)c1ccccc1O. The molecule has 2 aromatic rings. The van der Waals surface area contributed by atoms with Gasteiger partial charge in [-0.3, -0.25) is 14.4 Å². The van der Waals surface area contributed by atoms with Crippen LogP contribution < -0.4 is 21.1 Å². The number of hydrogen-bond acceptors (Lipinski definition) is 7. The van der Waals surface area contributed by atoms with Gasteiger partial charge in [0.2, 0.25) is 11.8 Å². The van der Waals surface area contributed by atoms with Crippen LogP contribution in [0.2, 0.25) is 0 Å². The summed E-state index contributed by atoms with van der Waals surface area (Å²) in [4.78, 5) is 54.1. The second-order valence-electron chi connectivity index (χ2n) is 11.3. The van der Waals surface area contributed by atoms with E-state index >= 15 is 0 Å². The predicted molar refractivity (Wildman–Crippen MR) is 155 cm³/mol. The summed E-state index contributed by atoms with van der Waals surface area (Å²) in [5, 5.41) is 16.2. The molecule has 0 aliphatic rings. The van der Waals surface area contributed by atoms with Crippen LogP contribution in [0.25, 0.3) is 0 Å². The van der Waals surface area contributed by atoms with Gasteiger partial charge in [-0.05, 0) is 77.8 Å². The summed E-state index contributed by atoms with van der Waals surface area (Å²) in [6.45, 7) is 10.4. The maximum Gasteiger partial charge on any atom is 0.408 e. The number of nitrogens with zero attached hydrogens (tertiary/aromatic N) is 1. The van der Waals surface area contributed by atoms with Crippen LogP contribution in [0.4, 0.5) is 10.5 Å². The highest BCUT2D eigenvalue weighted by Gasteiger charge is 2.44. The van der Waals surface area contributed by atoms with Crippen molar-refractivity contribution in [1.82, 2.24) is 10.2 Å². The Morgan fingerprint density at radius 3 is 2.12 bits per heavy atom. The van der Waals surface area contributed by atoms with Crippen LogP contribution in [-0.4, -0.2) is 58.1 Å². The Bertz CT molecular complexity index is 1220. The van der Waals surface area contributed by atoms with E-state index in [0.29, 0.717) is 17.9 Å². The molecular weight excluding hydrogens is 528 g/mol. The first kappa shape index (κ1) is 32.9. The molecule has 0 saturated heterocycles. The van der Waals surface area contributed by atoms with E-state index in [9.17, 15) is 24.3 Å². The Morgan fingerprint density at radius 1 is 1.00 bits per heavy atom. The summed E-state index contributed by atoms with van der Waals surface area (Å²) in [6.07, 6.45) is -0.784. The van der Waals surface area contributed by atoms with E-state index in [4.69, 9.17) is 15.2 Å². The summed E-state index contributed by atoms with van der Waals surface area (Å²) < 4.78 is 10.5. The monoisotopic (exact) mass is 570 g/mol. The molecule has 11 nitrogen and oxygen atoms in total. The van der Waals surface area contributed by atoms with Crippen LogP contribution >= 0.6 is 0 Å².